The van der Waals surface area contributed by atoms with E-state index < -0.39 is 5.97 Å². The Labute approximate surface area is 181 Å². The van der Waals surface area contributed by atoms with Gasteiger partial charge in [0, 0.05) is 5.02 Å². The van der Waals surface area contributed by atoms with Crippen LogP contribution in [0.5, 0.6) is 0 Å². The summed E-state index contributed by atoms with van der Waals surface area (Å²) in [6.45, 7) is 2.06. The van der Waals surface area contributed by atoms with Crippen LogP contribution in [-0.4, -0.2) is 23.8 Å². The molecule has 3 aromatic carbocycles. The number of carbonyl (C=O) groups excluding carboxylic acids is 1. The van der Waals surface area contributed by atoms with Gasteiger partial charge in [-0.15, -0.1) is 5.10 Å². The smallest absolute Gasteiger partial charge is 0.375 e. The highest BCUT2D eigenvalue weighted by atomic mass is 35.5. The molecule has 0 aromatic heterocycles. The fraction of sp³-hybridized carbons (Fsp3) is 0.167. The van der Waals surface area contributed by atoms with Crippen LogP contribution in [0, 0.1) is 0 Å². The molecule has 0 saturated carbocycles. The molecule has 4 rings (SSSR count). The summed E-state index contributed by atoms with van der Waals surface area (Å²) in [5.41, 5.74) is 2.92. The predicted molar refractivity (Wildman–Crippen MR) is 119 cm³/mol. The van der Waals surface area contributed by atoms with Crippen LogP contribution in [0.1, 0.15) is 30.3 Å². The van der Waals surface area contributed by atoms with Crippen molar-refractivity contribution in [3.8, 4) is 0 Å². The fourth-order valence-corrected chi connectivity index (χ4v) is 3.81. The van der Waals surface area contributed by atoms with Gasteiger partial charge in [-0.1, -0.05) is 72.3 Å². The molecule has 0 fully saturated rings. The summed E-state index contributed by atoms with van der Waals surface area (Å²) in [4.78, 5) is 14.7. The molecule has 0 amide bonds. The Kier molecular flexibility index (Phi) is 5.72. The van der Waals surface area contributed by atoms with E-state index in [-0.39, 0.29) is 18.0 Å². The largest absolute Gasteiger partial charge is 0.463 e. The van der Waals surface area contributed by atoms with Crippen LogP contribution in [0.25, 0.3) is 0 Å². The van der Waals surface area contributed by atoms with Crippen molar-refractivity contribution >= 4 is 29.1 Å². The van der Waals surface area contributed by atoms with Crippen LogP contribution >= 0.6 is 11.6 Å². The zero-order valence-corrected chi connectivity index (χ0v) is 17.5. The van der Waals surface area contributed by atoms with Crippen molar-refractivity contribution in [3.05, 3.63) is 101 Å². The Bertz CT molecular complexity index is 1040. The molecule has 152 valence electrons. The maximum atomic E-state index is 12.7. The van der Waals surface area contributed by atoms with E-state index in [1.54, 1.807) is 0 Å². The summed E-state index contributed by atoms with van der Waals surface area (Å²) in [5.74, 6) is -0.215. The molecule has 1 aliphatic heterocycles. The Balaban J connectivity index is 1.86. The standard InChI is InChI=1S/C24H22ClN3O2/c1-17(18-9-5-3-6-10-18)27-22(24(29)30-2)26-28(21-15-13-20(25)14-16-21)23(27)19-11-7-4-8-12-19/h3-17,23H,1-2H3/t17-,23+/m0/s1. The highest BCUT2D eigenvalue weighted by molar-refractivity contribution is 6.36. The number of esters is 1. The third kappa shape index (κ3) is 3.76. The monoisotopic (exact) mass is 419 g/mol. The second-order valence-corrected chi connectivity index (χ2v) is 7.45. The second kappa shape index (κ2) is 8.59. The number of halogens is 1. The Morgan fingerprint density at radius 3 is 2.17 bits per heavy atom. The summed E-state index contributed by atoms with van der Waals surface area (Å²) in [6, 6.07) is 27.4. The minimum Gasteiger partial charge on any atom is -0.463 e. The zero-order chi connectivity index (χ0) is 21.1. The molecule has 0 unspecified atom stereocenters. The summed E-state index contributed by atoms with van der Waals surface area (Å²) in [6.07, 6.45) is -0.323. The van der Waals surface area contributed by atoms with Crippen molar-refractivity contribution < 1.29 is 9.53 Å². The van der Waals surface area contributed by atoms with Crippen molar-refractivity contribution in [1.29, 1.82) is 0 Å². The highest BCUT2D eigenvalue weighted by Gasteiger charge is 2.42. The third-order valence-electron chi connectivity index (χ3n) is 5.20. The van der Waals surface area contributed by atoms with Crippen molar-refractivity contribution in [3.63, 3.8) is 0 Å². The van der Waals surface area contributed by atoms with Gasteiger partial charge < -0.3 is 9.64 Å². The first-order valence-corrected chi connectivity index (χ1v) is 10.1. The average Bonchev–Trinajstić information content (AvgIpc) is 3.20. The Morgan fingerprint density at radius 1 is 0.967 bits per heavy atom. The SMILES string of the molecule is COC(=O)C1=NN(c2ccc(Cl)cc2)[C@H](c2ccccc2)N1[C@@H](C)c1ccccc1. The molecule has 0 bridgehead atoms. The number of anilines is 1. The second-order valence-electron chi connectivity index (χ2n) is 7.01. The molecule has 2 atom stereocenters. The molecule has 5 nitrogen and oxygen atoms in total. The number of ether oxygens (including phenoxy) is 1. The number of hydrogen-bond acceptors (Lipinski definition) is 5. The maximum absolute atomic E-state index is 12.7. The summed E-state index contributed by atoms with van der Waals surface area (Å²) >= 11 is 6.09. The lowest BCUT2D eigenvalue weighted by Gasteiger charge is -2.36. The van der Waals surface area contributed by atoms with Crippen molar-refractivity contribution in [2.75, 3.05) is 12.1 Å². The normalized spacial score (nSPS) is 16.9. The van der Waals surface area contributed by atoms with Crippen LogP contribution in [0.2, 0.25) is 5.02 Å². The van der Waals surface area contributed by atoms with E-state index in [9.17, 15) is 4.79 Å². The van der Waals surface area contributed by atoms with Gasteiger partial charge >= 0.3 is 5.97 Å². The van der Waals surface area contributed by atoms with E-state index in [1.807, 2.05) is 94.8 Å². The number of hydrogen-bond donors (Lipinski definition) is 0. The van der Waals surface area contributed by atoms with Gasteiger partial charge in [0.05, 0.1) is 18.8 Å². The Hall–Kier alpha value is -3.31. The van der Waals surface area contributed by atoms with Gasteiger partial charge in [0.1, 0.15) is 0 Å². The minimum absolute atomic E-state index is 0.119. The van der Waals surface area contributed by atoms with Gasteiger partial charge in [0.2, 0.25) is 5.84 Å². The lowest BCUT2D eigenvalue weighted by atomic mass is 10.0. The van der Waals surface area contributed by atoms with Crippen LogP contribution < -0.4 is 5.01 Å². The van der Waals surface area contributed by atoms with Crippen LogP contribution in [0.4, 0.5) is 5.69 Å². The molecule has 0 radical (unpaired) electrons. The van der Waals surface area contributed by atoms with E-state index in [2.05, 4.69) is 6.92 Å². The van der Waals surface area contributed by atoms with Gasteiger partial charge in [-0.05, 0) is 42.3 Å². The predicted octanol–water partition coefficient (Wildman–Crippen LogP) is 5.41. The van der Waals surface area contributed by atoms with E-state index in [0.29, 0.717) is 5.02 Å². The van der Waals surface area contributed by atoms with E-state index in [1.165, 1.54) is 7.11 Å². The third-order valence-corrected chi connectivity index (χ3v) is 5.45. The minimum atomic E-state index is -0.477. The number of benzene rings is 3. The van der Waals surface area contributed by atoms with Gasteiger partial charge in [0.15, 0.2) is 6.17 Å². The lowest BCUT2D eigenvalue weighted by molar-refractivity contribution is -0.133. The van der Waals surface area contributed by atoms with Crippen molar-refractivity contribution in [2.24, 2.45) is 5.10 Å². The molecule has 0 spiro atoms. The van der Waals surface area contributed by atoms with Crippen LogP contribution in [0.15, 0.2) is 90.0 Å². The molecule has 6 heteroatoms. The number of rotatable bonds is 5. The van der Waals surface area contributed by atoms with Crippen molar-refractivity contribution in [1.82, 2.24) is 4.90 Å². The zero-order valence-electron chi connectivity index (χ0n) is 16.8. The first kappa shape index (κ1) is 20.0. The first-order chi connectivity index (χ1) is 14.6. The quantitative estimate of drug-likeness (QED) is 0.519. The van der Waals surface area contributed by atoms with Gasteiger partial charge in [-0.3, -0.25) is 0 Å². The van der Waals surface area contributed by atoms with Crippen molar-refractivity contribution in [2.45, 2.75) is 19.1 Å². The summed E-state index contributed by atoms with van der Waals surface area (Å²) in [7, 11) is 1.37. The lowest BCUT2D eigenvalue weighted by Crippen LogP contribution is -2.40. The van der Waals surface area contributed by atoms with E-state index in [4.69, 9.17) is 21.4 Å². The van der Waals surface area contributed by atoms with Crippen LogP contribution in [0.3, 0.4) is 0 Å². The molecular formula is C24H22ClN3O2. The van der Waals surface area contributed by atoms with E-state index in [0.717, 1.165) is 16.8 Å². The highest BCUT2D eigenvalue weighted by Crippen LogP contribution is 2.41. The molecule has 0 aliphatic carbocycles. The van der Waals surface area contributed by atoms with Crippen LogP contribution in [-0.2, 0) is 9.53 Å². The van der Waals surface area contributed by atoms with Gasteiger partial charge in [-0.25, -0.2) is 9.80 Å². The topological polar surface area (TPSA) is 45.1 Å². The molecule has 3 aromatic rings. The fourth-order valence-electron chi connectivity index (χ4n) is 3.69. The molecule has 1 heterocycles. The average molecular weight is 420 g/mol. The maximum Gasteiger partial charge on any atom is 0.375 e. The molecule has 0 saturated heterocycles. The summed E-state index contributed by atoms with van der Waals surface area (Å²) < 4.78 is 5.08. The number of nitrogens with zero attached hydrogens (tertiary/aromatic N) is 3. The first-order valence-electron chi connectivity index (χ1n) is 9.70. The molecule has 30 heavy (non-hydrogen) atoms. The number of carbonyl (C=O) groups is 1. The van der Waals surface area contributed by atoms with E-state index >= 15 is 0 Å². The molecule has 1 aliphatic rings. The molecule has 0 N–H and O–H groups in total. The molecular weight excluding hydrogens is 398 g/mol. The number of amidine groups is 1. The Morgan fingerprint density at radius 2 is 1.57 bits per heavy atom. The van der Waals surface area contributed by atoms with Gasteiger partial charge in [0.25, 0.3) is 0 Å². The number of hydrazone groups is 1. The number of methoxy groups -OCH3 is 1. The van der Waals surface area contributed by atoms with Gasteiger partial charge in [-0.2, -0.15) is 0 Å². The summed E-state index contributed by atoms with van der Waals surface area (Å²) in [5, 5.41) is 7.19.